The lowest BCUT2D eigenvalue weighted by Crippen LogP contribution is -2.44. The molecule has 5 rings (SSSR count). The number of thioether (sulfide) groups is 1. The molecule has 0 atom stereocenters. The van der Waals surface area contributed by atoms with E-state index in [-0.39, 0.29) is 12.5 Å². The number of carbonyl (C=O) groups is 2. The number of pyridine rings is 1. The Balaban J connectivity index is 1.71. The van der Waals surface area contributed by atoms with Gasteiger partial charge in [0.05, 0.1) is 30.4 Å². The smallest absolute Gasteiger partial charge is 0.427 e. The van der Waals surface area contributed by atoms with Crippen LogP contribution in [-0.4, -0.2) is 71.0 Å². The quantitative estimate of drug-likeness (QED) is 0.237. The second kappa shape index (κ2) is 12.1. The molecule has 0 spiro atoms. The SMILES string of the molecule is COc1c(C)cnc(Cn2nc3c4c(nc(N(C(=O)OC(C)(C)C)C(=O)OC(C)(C)C)nc42)SCC(c2cncnc2)=C3)c1C. The van der Waals surface area contributed by atoms with E-state index in [1.54, 1.807) is 71.9 Å². The average Bonchev–Trinajstić information content (AvgIpc) is 3.16. The fourth-order valence-electron chi connectivity index (χ4n) is 4.68. The van der Waals surface area contributed by atoms with Crippen LogP contribution < -0.4 is 9.64 Å². The maximum atomic E-state index is 13.5. The van der Waals surface area contributed by atoms with Crippen LogP contribution in [0.2, 0.25) is 0 Å². The summed E-state index contributed by atoms with van der Waals surface area (Å²) in [6.45, 7) is 14.3. The van der Waals surface area contributed by atoms with Gasteiger partial charge in [-0.05, 0) is 67.0 Å². The molecular formula is C31H36N8O5S. The molecule has 0 saturated heterocycles. The third-order valence-electron chi connectivity index (χ3n) is 6.58. The minimum Gasteiger partial charge on any atom is -0.496 e. The van der Waals surface area contributed by atoms with Crippen molar-refractivity contribution >= 4 is 52.6 Å². The van der Waals surface area contributed by atoms with E-state index in [1.807, 2.05) is 19.9 Å². The maximum absolute atomic E-state index is 13.5. The summed E-state index contributed by atoms with van der Waals surface area (Å²) in [5.74, 6) is 1.04. The normalized spacial score (nSPS) is 13.2. The minimum absolute atomic E-state index is 0.195. The summed E-state index contributed by atoms with van der Waals surface area (Å²) in [5.41, 5.74) is 3.46. The summed E-state index contributed by atoms with van der Waals surface area (Å²) in [5, 5.41) is 6.13. The second-order valence-corrected chi connectivity index (χ2v) is 13.5. The van der Waals surface area contributed by atoms with E-state index < -0.39 is 23.4 Å². The highest BCUT2D eigenvalue weighted by Gasteiger charge is 2.36. The Morgan fingerprint density at radius 3 is 2.22 bits per heavy atom. The number of ether oxygens (including phenoxy) is 3. The molecule has 13 nitrogen and oxygen atoms in total. The zero-order valence-electron chi connectivity index (χ0n) is 26.8. The first-order valence-corrected chi connectivity index (χ1v) is 15.3. The predicted molar refractivity (Wildman–Crippen MR) is 170 cm³/mol. The number of methoxy groups -OCH3 is 1. The van der Waals surface area contributed by atoms with Crippen LogP contribution in [0, 0.1) is 13.8 Å². The van der Waals surface area contributed by atoms with Gasteiger partial charge in [-0.1, -0.05) is 0 Å². The van der Waals surface area contributed by atoms with Gasteiger partial charge < -0.3 is 14.2 Å². The largest absolute Gasteiger partial charge is 0.496 e. The summed E-state index contributed by atoms with van der Waals surface area (Å²) >= 11 is 1.42. The highest BCUT2D eigenvalue weighted by molar-refractivity contribution is 7.99. The van der Waals surface area contributed by atoms with Crippen molar-refractivity contribution in [2.24, 2.45) is 0 Å². The Bertz CT molecular complexity index is 1780. The molecule has 14 heteroatoms. The molecule has 5 heterocycles. The highest BCUT2D eigenvalue weighted by atomic mass is 32.2. The van der Waals surface area contributed by atoms with Gasteiger partial charge in [-0.3, -0.25) is 4.98 Å². The molecule has 4 aromatic rings. The van der Waals surface area contributed by atoms with Gasteiger partial charge in [0.15, 0.2) is 5.65 Å². The van der Waals surface area contributed by atoms with Crippen LogP contribution in [0.3, 0.4) is 0 Å². The van der Waals surface area contributed by atoms with Gasteiger partial charge >= 0.3 is 12.2 Å². The molecule has 1 aliphatic rings. The van der Waals surface area contributed by atoms with Crippen LogP contribution >= 0.6 is 11.8 Å². The van der Waals surface area contributed by atoms with Crippen LogP contribution in [-0.2, 0) is 16.0 Å². The number of hydrogen-bond acceptors (Lipinski definition) is 12. The Morgan fingerprint density at radius 1 is 0.978 bits per heavy atom. The molecule has 0 aliphatic carbocycles. The lowest BCUT2D eigenvalue weighted by molar-refractivity contribution is 0.0427. The topological polar surface area (TPSA) is 147 Å². The van der Waals surface area contributed by atoms with Gasteiger partial charge in [-0.25, -0.2) is 29.2 Å². The number of carbonyl (C=O) groups excluding carboxylic acids is 2. The van der Waals surface area contributed by atoms with E-state index in [2.05, 4.69) is 15.0 Å². The summed E-state index contributed by atoms with van der Waals surface area (Å²) < 4.78 is 18.5. The van der Waals surface area contributed by atoms with Crippen LogP contribution in [0.15, 0.2) is 29.9 Å². The van der Waals surface area contributed by atoms with Crippen LogP contribution in [0.4, 0.5) is 15.5 Å². The standard InChI is InChI=1S/C31H36N8O5S/c1-17-11-34-22(18(2)24(17)42-9)14-38-25-23-21(37-38)10-19(20-12-32-16-33-13-20)15-45-26(23)36-27(35-25)39(28(40)43-30(3,4)5)29(41)44-31(6,7)8/h10-13,16H,14-15H2,1-9H3. The number of aryl methyl sites for hydroxylation is 1. The van der Waals surface area contributed by atoms with E-state index in [0.29, 0.717) is 27.5 Å². The Labute approximate surface area is 265 Å². The van der Waals surface area contributed by atoms with Crippen molar-refractivity contribution in [1.29, 1.82) is 0 Å². The third-order valence-corrected chi connectivity index (χ3v) is 7.61. The van der Waals surface area contributed by atoms with Crippen molar-refractivity contribution in [3.05, 3.63) is 53.0 Å². The van der Waals surface area contributed by atoms with Crippen molar-refractivity contribution in [1.82, 2.24) is 34.7 Å². The molecule has 0 N–H and O–H groups in total. The van der Waals surface area contributed by atoms with Crippen LogP contribution in [0.1, 0.15) is 69.6 Å². The van der Waals surface area contributed by atoms with Crippen LogP contribution in [0.5, 0.6) is 5.75 Å². The number of anilines is 1. The number of nitrogens with zero attached hydrogens (tertiary/aromatic N) is 8. The number of rotatable bonds is 5. The Hall–Kier alpha value is -4.59. The number of aromatic nitrogens is 7. The molecule has 2 amide bonds. The van der Waals surface area contributed by atoms with E-state index in [9.17, 15) is 9.59 Å². The fraction of sp³-hybridized carbons (Fsp3) is 0.419. The molecule has 0 bridgehead atoms. The van der Waals surface area contributed by atoms with Gasteiger partial charge in [0.2, 0.25) is 5.95 Å². The van der Waals surface area contributed by atoms with Crippen molar-refractivity contribution in [3.63, 3.8) is 0 Å². The molecule has 45 heavy (non-hydrogen) atoms. The molecule has 0 aromatic carbocycles. The van der Waals surface area contributed by atoms with Crippen LogP contribution in [0.25, 0.3) is 22.7 Å². The fourth-order valence-corrected chi connectivity index (χ4v) is 5.71. The second-order valence-electron chi connectivity index (χ2n) is 12.5. The van der Waals surface area contributed by atoms with Gasteiger partial charge in [-0.2, -0.15) is 10.1 Å². The van der Waals surface area contributed by atoms with Gasteiger partial charge in [-0.15, -0.1) is 16.7 Å². The molecule has 0 radical (unpaired) electrons. The molecule has 0 saturated carbocycles. The number of amides is 2. The minimum atomic E-state index is -0.964. The molecular weight excluding hydrogens is 596 g/mol. The predicted octanol–water partition coefficient (Wildman–Crippen LogP) is 6.01. The zero-order chi connectivity index (χ0) is 32.7. The average molecular weight is 633 g/mol. The Morgan fingerprint density at radius 2 is 1.62 bits per heavy atom. The molecule has 1 aliphatic heterocycles. The number of imide groups is 1. The number of hydrogen-bond donors (Lipinski definition) is 0. The molecule has 0 fully saturated rings. The van der Waals surface area contributed by atoms with Gasteiger partial charge in [0.1, 0.15) is 28.3 Å². The molecule has 236 valence electrons. The highest BCUT2D eigenvalue weighted by Crippen LogP contribution is 2.38. The van der Waals surface area contributed by atoms with Crippen molar-refractivity contribution in [2.75, 3.05) is 17.8 Å². The van der Waals surface area contributed by atoms with Crippen molar-refractivity contribution in [3.8, 4) is 5.75 Å². The third kappa shape index (κ3) is 6.90. The summed E-state index contributed by atoms with van der Waals surface area (Å²) in [4.78, 5) is 50.2. The van der Waals surface area contributed by atoms with Gasteiger partial charge in [0.25, 0.3) is 0 Å². The van der Waals surface area contributed by atoms with Crippen molar-refractivity contribution in [2.45, 2.75) is 78.2 Å². The summed E-state index contributed by atoms with van der Waals surface area (Å²) in [6.07, 6.45) is 6.72. The first-order chi connectivity index (χ1) is 21.1. The van der Waals surface area contributed by atoms with E-state index >= 15 is 0 Å². The van der Waals surface area contributed by atoms with E-state index in [1.165, 1.54) is 18.1 Å². The summed E-state index contributed by atoms with van der Waals surface area (Å²) in [6, 6.07) is 0. The molecule has 0 unspecified atom stereocenters. The monoisotopic (exact) mass is 632 g/mol. The maximum Gasteiger partial charge on any atom is 0.427 e. The molecule has 4 aromatic heterocycles. The zero-order valence-corrected chi connectivity index (χ0v) is 27.6. The van der Waals surface area contributed by atoms with Gasteiger partial charge in [0, 0.05) is 41.0 Å². The van der Waals surface area contributed by atoms with Crippen molar-refractivity contribution < 1.29 is 23.8 Å². The first kappa shape index (κ1) is 31.8. The summed E-state index contributed by atoms with van der Waals surface area (Å²) in [7, 11) is 1.62. The van der Waals surface area contributed by atoms with E-state index in [0.717, 1.165) is 38.6 Å². The lowest BCUT2D eigenvalue weighted by atomic mass is 10.1. The first-order valence-electron chi connectivity index (χ1n) is 14.3. The Kier molecular flexibility index (Phi) is 8.53. The van der Waals surface area contributed by atoms with E-state index in [4.69, 9.17) is 29.3 Å². The lowest BCUT2D eigenvalue weighted by Gasteiger charge is -2.27.